The third-order valence-electron chi connectivity index (χ3n) is 5.92. The van der Waals surface area contributed by atoms with Crippen molar-refractivity contribution in [2.45, 2.75) is 5.92 Å². The van der Waals surface area contributed by atoms with E-state index in [-0.39, 0.29) is 5.92 Å². The van der Waals surface area contributed by atoms with Gasteiger partial charge >= 0.3 is 0 Å². The van der Waals surface area contributed by atoms with E-state index in [2.05, 4.69) is 158 Å². The van der Waals surface area contributed by atoms with E-state index in [4.69, 9.17) is 0 Å². The Morgan fingerprint density at radius 3 is 1.44 bits per heavy atom. The molecule has 162 valence electrons. The van der Waals surface area contributed by atoms with Crippen molar-refractivity contribution in [3.05, 3.63) is 117 Å². The van der Waals surface area contributed by atoms with Gasteiger partial charge in [-0.3, -0.25) is 0 Å². The molecule has 0 saturated heterocycles. The first-order chi connectivity index (χ1) is 15.5. The molecular weight excluding hydrogens is 503 g/mol. The number of benzene rings is 4. The first-order valence-corrected chi connectivity index (χ1v) is 11.9. The predicted octanol–water partition coefficient (Wildman–Crippen LogP) is 7.27. The van der Waals surface area contributed by atoms with Gasteiger partial charge in [0.2, 0.25) is 0 Å². The summed E-state index contributed by atoms with van der Waals surface area (Å²) in [5.41, 5.74) is 8.91. The van der Waals surface area contributed by atoms with Gasteiger partial charge in [-0.15, -0.1) is 0 Å². The van der Waals surface area contributed by atoms with Gasteiger partial charge in [0, 0.05) is 49.1 Å². The molecule has 0 aliphatic rings. The molecule has 4 aromatic carbocycles. The van der Waals surface area contributed by atoms with Crippen molar-refractivity contribution in [2.75, 3.05) is 38.0 Å². The molecule has 4 aromatic rings. The Hall–Kier alpha value is -2.79. The van der Waals surface area contributed by atoms with Gasteiger partial charge in [-0.2, -0.15) is 0 Å². The lowest BCUT2D eigenvalue weighted by Gasteiger charge is -2.24. The monoisotopic (exact) mass is 532 g/mol. The minimum absolute atomic E-state index is 0.148. The third-order valence-corrected chi connectivity index (χ3v) is 6.86. The second-order valence-electron chi connectivity index (χ2n) is 8.47. The van der Waals surface area contributed by atoms with Crippen LogP contribution >= 0.6 is 22.6 Å². The van der Waals surface area contributed by atoms with Crippen LogP contribution in [0.2, 0.25) is 0 Å². The predicted molar refractivity (Wildman–Crippen MR) is 147 cm³/mol. The second-order valence-corrected chi connectivity index (χ2v) is 9.63. The van der Waals surface area contributed by atoms with Crippen molar-refractivity contribution in [3.8, 4) is 11.1 Å². The quantitative estimate of drug-likeness (QED) is 0.190. The Morgan fingerprint density at radius 2 is 0.969 bits per heavy atom. The highest BCUT2D eigenvalue weighted by molar-refractivity contribution is 14.1. The van der Waals surface area contributed by atoms with Crippen LogP contribution in [0.4, 0.5) is 11.4 Å². The van der Waals surface area contributed by atoms with E-state index in [1.807, 2.05) is 0 Å². The van der Waals surface area contributed by atoms with Crippen LogP contribution in [-0.4, -0.2) is 28.2 Å². The van der Waals surface area contributed by atoms with Gasteiger partial charge in [0.25, 0.3) is 0 Å². The lowest BCUT2D eigenvalue weighted by atomic mass is 9.81. The summed E-state index contributed by atoms with van der Waals surface area (Å²) >= 11 is 2.45. The molecule has 0 aliphatic heterocycles. The molecule has 0 saturated carbocycles. The molecular formula is C29H29IN2. The van der Waals surface area contributed by atoms with Gasteiger partial charge in [0.15, 0.2) is 0 Å². The van der Waals surface area contributed by atoms with E-state index < -0.39 is 0 Å². The average molecular weight is 532 g/mol. The smallest absolute Gasteiger partial charge is 0.0361 e. The molecule has 2 nitrogen and oxygen atoms in total. The zero-order chi connectivity index (χ0) is 22.7. The fraction of sp³-hybridized carbons (Fsp3) is 0.172. The molecule has 0 radical (unpaired) electrons. The molecule has 0 bridgehead atoms. The molecule has 0 atom stereocenters. The molecule has 0 aromatic heterocycles. The first kappa shape index (κ1) is 22.4. The topological polar surface area (TPSA) is 6.48 Å². The van der Waals surface area contributed by atoms with Gasteiger partial charge in [0.05, 0.1) is 0 Å². The molecule has 4 rings (SSSR count). The summed E-state index contributed by atoms with van der Waals surface area (Å²) in [6.45, 7) is 0. The van der Waals surface area contributed by atoms with Gasteiger partial charge in [0.1, 0.15) is 0 Å². The van der Waals surface area contributed by atoms with Crippen molar-refractivity contribution in [1.82, 2.24) is 0 Å². The minimum Gasteiger partial charge on any atom is -0.378 e. The fourth-order valence-corrected chi connectivity index (χ4v) is 4.83. The SMILES string of the molecule is CN(C)c1ccc(C(c2ccc(N(C)C)cc2)c2ccccc2-c2ccccc2I)cc1. The Balaban J connectivity index is 1.90. The van der Waals surface area contributed by atoms with E-state index in [0.717, 1.165) is 0 Å². The molecule has 32 heavy (non-hydrogen) atoms. The van der Waals surface area contributed by atoms with Crippen molar-refractivity contribution in [3.63, 3.8) is 0 Å². The van der Waals surface area contributed by atoms with Crippen LogP contribution in [0, 0.1) is 3.57 Å². The number of hydrogen-bond acceptors (Lipinski definition) is 2. The number of nitrogens with zero attached hydrogens (tertiary/aromatic N) is 2. The standard InChI is InChI=1S/C29H29IN2/c1-31(2)23-17-13-21(14-18-23)29(22-15-19-24(20-16-22)32(3)4)27-11-6-5-9-25(27)26-10-7-8-12-28(26)30/h5-20,29H,1-4H3. The third kappa shape index (κ3) is 4.68. The molecule has 0 fully saturated rings. The van der Waals surface area contributed by atoms with Crippen molar-refractivity contribution in [1.29, 1.82) is 0 Å². The Morgan fingerprint density at radius 1 is 0.531 bits per heavy atom. The van der Waals surface area contributed by atoms with E-state index in [1.54, 1.807) is 0 Å². The highest BCUT2D eigenvalue weighted by Crippen LogP contribution is 2.40. The molecule has 0 unspecified atom stereocenters. The van der Waals surface area contributed by atoms with Gasteiger partial charge in [-0.25, -0.2) is 0 Å². The number of hydrogen-bond donors (Lipinski definition) is 0. The Bertz CT molecular complexity index is 1130. The molecule has 0 heterocycles. The largest absolute Gasteiger partial charge is 0.378 e. The lowest BCUT2D eigenvalue weighted by molar-refractivity contribution is 0.975. The molecule has 0 spiro atoms. The van der Waals surface area contributed by atoms with E-state index >= 15 is 0 Å². The summed E-state index contributed by atoms with van der Waals surface area (Å²) in [5, 5.41) is 0. The highest BCUT2D eigenvalue weighted by Gasteiger charge is 2.21. The van der Waals surface area contributed by atoms with Crippen LogP contribution in [0.25, 0.3) is 11.1 Å². The van der Waals surface area contributed by atoms with Gasteiger partial charge in [-0.05, 0) is 80.7 Å². The minimum atomic E-state index is 0.148. The summed E-state index contributed by atoms with van der Waals surface area (Å²) in [5.74, 6) is 0.148. The fourth-order valence-electron chi connectivity index (χ4n) is 4.16. The summed E-state index contributed by atoms with van der Waals surface area (Å²) in [7, 11) is 8.33. The lowest BCUT2D eigenvalue weighted by Crippen LogP contribution is -2.11. The van der Waals surface area contributed by atoms with Crippen molar-refractivity contribution < 1.29 is 0 Å². The molecule has 3 heteroatoms. The average Bonchev–Trinajstić information content (AvgIpc) is 2.81. The second kappa shape index (κ2) is 9.78. The van der Waals surface area contributed by atoms with Crippen molar-refractivity contribution >= 4 is 34.0 Å². The maximum atomic E-state index is 2.45. The van der Waals surface area contributed by atoms with Gasteiger partial charge in [-0.1, -0.05) is 66.7 Å². The van der Waals surface area contributed by atoms with Crippen LogP contribution in [0.15, 0.2) is 97.1 Å². The van der Waals surface area contributed by atoms with Crippen molar-refractivity contribution in [2.24, 2.45) is 0 Å². The summed E-state index contributed by atoms with van der Waals surface area (Å²) < 4.78 is 1.27. The zero-order valence-electron chi connectivity index (χ0n) is 19.1. The molecule has 0 amide bonds. The summed E-state index contributed by atoms with van der Waals surface area (Å²) in [6.07, 6.45) is 0. The van der Waals surface area contributed by atoms with E-state index in [0.29, 0.717) is 0 Å². The van der Waals surface area contributed by atoms with Crippen LogP contribution in [0.5, 0.6) is 0 Å². The molecule has 0 aliphatic carbocycles. The summed E-state index contributed by atoms with van der Waals surface area (Å²) in [4.78, 5) is 4.29. The maximum absolute atomic E-state index is 2.45. The van der Waals surface area contributed by atoms with Crippen LogP contribution in [0.1, 0.15) is 22.6 Å². The van der Waals surface area contributed by atoms with Crippen LogP contribution < -0.4 is 9.80 Å². The zero-order valence-corrected chi connectivity index (χ0v) is 21.2. The van der Waals surface area contributed by atoms with E-state index in [1.165, 1.54) is 42.8 Å². The normalized spacial score (nSPS) is 10.9. The molecule has 0 N–H and O–H groups in total. The van der Waals surface area contributed by atoms with Crippen LogP contribution in [0.3, 0.4) is 0 Å². The number of rotatable bonds is 6. The maximum Gasteiger partial charge on any atom is 0.0361 e. The first-order valence-electron chi connectivity index (χ1n) is 10.8. The number of anilines is 2. The highest BCUT2D eigenvalue weighted by atomic mass is 127. The Kier molecular flexibility index (Phi) is 6.85. The summed E-state index contributed by atoms with van der Waals surface area (Å²) in [6, 6.07) is 35.4. The van der Waals surface area contributed by atoms with Gasteiger partial charge < -0.3 is 9.80 Å². The van der Waals surface area contributed by atoms with Crippen LogP contribution in [-0.2, 0) is 0 Å². The number of halogens is 1. The Labute approximate surface area is 205 Å². The van der Waals surface area contributed by atoms with E-state index in [9.17, 15) is 0 Å².